The van der Waals surface area contributed by atoms with E-state index < -0.39 is 23.6 Å². The van der Waals surface area contributed by atoms with Gasteiger partial charge in [0.15, 0.2) is 0 Å². The SMILES string of the molecule is C[C@H](Cc1cccc(C(F)(F)F)c1)C(=O)N1CCC[C@@H](CCC(=O)O)C1. The molecule has 2 rings (SSSR count). The minimum absolute atomic E-state index is 0.0811. The van der Waals surface area contributed by atoms with E-state index in [9.17, 15) is 22.8 Å². The number of alkyl halides is 3. The molecule has 1 saturated heterocycles. The number of carboxylic acid groups (broad SMARTS) is 1. The molecule has 1 aliphatic heterocycles. The summed E-state index contributed by atoms with van der Waals surface area (Å²) in [6.07, 6.45) is -1.79. The van der Waals surface area contributed by atoms with Gasteiger partial charge in [0.05, 0.1) is 5.56 Å². The highest BCUT2D eigenvalue weighted by molar-refractivity contribution is 5.79. The van der Waals surface area contributed by atoms with Gasteiger partial charge in [0.25, 0.3) is 0 Å². The quantitative estimate of drug-likeness (QED) is 0.823. The Hall–Kier alpha value is -2.05. The normalized spacial score (nSPS) is 19.2. The van der Waals surface area contributed by atoms with Crippen molar-refractivity contribution in [2.75, 3.05) is 13.1 Å². The van der Waals surface area contributed by atoms with Gasteiger partial charge in [-0.25, -0.2) is 0 Å². The van der Waals surface area contributed by atoms with Crippen molar-refractivity contribution in [3.63, 3.8) is 0 Å². The molecule has 0 spiro atoms. The molecule has 0 saturated carbocycles. The van der Waals surface area contributed by atoms with Gasteiger partial charge in [0.1, 0.15) is 0 Å². The van der Waals surface area contributed by atoms with E-state index in [1.54, 1.807) is 17.9 Å². The summed E-state index contributed by atoms with van der Waals surface area (Å²) in [6, 6.07) is 5.08. The van der Waals surface area contributed by atoms with Gasteiger partial charge in [-0.15, -0.1) is 0 Å². The highest BCUT2D eigenvalue weighted by atomic mass is 19.4. The number of rotatable bonds is 6. The Morgan fingerprint density at radius 3 is 2.73 bits per heavy atom. The summed E-state index contributed by atoms with van der Waals surface area (Å²) in [7, 11) is 0. The van der Waals surface area contributed by atoms with Crippen molar-refractivity contribution in [2.45, 2.75) is 45.2 Å². The Bertz CT molecular complexity index is 645. The average molecular weight is 371 g/mol. The lowest BCUT2D eigenvalue weighted by molar-refractivity contribution is -0.138. The molecule has 1 N–H and O–H groups in total. The molecule has 0 radical (unpaired) electrons. The fraction of sp³-hybridized carbons (Fsp3) is 0.579. The van der Waals surface area contributed by atoms with E-state index in [2.05, 4.69) is 0 Å². The second-order valence-corrected chi connectivity index (χ2v) is 7.03. The first-order valence-electron chi connectivity index (χ1n) is 8.83. The molecule has 1 aromatic rings. The summed E-state index contributed by atoms with van der Waals surface area (Å²) >= 11 is 0. The Morgan fingerprint density at radius 2 is 2.08 bits per heavy atom. The minimum atomic E-state index is -4.40. The lowest BCUT2D eigenvalue weighted by Gasteiger charge is -2.34. The maximum atomic E-state index is 12.8. The van der Waals surface area contributed by atoms with Crippen LogP contribution in [0.25, 0.3) is 0 Å². The molecule has 144 valence electrons. The van der Waals surface area contributed by atoms with Crippen molar-refractivity contribution in [1.29, 1.82) is 0 Å². The van der Waals surface area contributed by atoms with E-state index in [0.29, 0.717) is 25.1 Å². The van der Waals surface area contributed by atoms with E-state index in [1.165, 1.54) is 6.07 Å². The van der Waals surface area contributed by atoms with Gasteiger partial charge in [-0.2, -0.15) is 13.2 Å². The van der Waals surface area contributed by atoms with Crippen molar-refractivity contribution in [1.82, 2.24) is 4.90 Å². The first-order valence-corrected chi connectivity index (χ1v) is 8.83. The number of carbonyl (C=O) groups excluding carboxylic acids is 1. The van der Waals surface area contributed by atoms with E-state index in [1.807, 2.05) is 0 Å². The average Bonchev–Trinajstić information content (AvgIpc) is 2.59. The van der Waals surface area contributed by atoms with Crippen LogP contribution >= 0.6 is 0 Å². The molecule has 0 bridgehead atoms. The Balaban J connectivity index is 1.95. The van der Waals surface area contributed by atoms with Crippen LogP contribution in [0.4, 0.5) is 13.2 Å². The first-order chi connectivity index (χ1) is 12.2. The van der Waals surface area contributed by atoms with Crippen LogP contribution < -0.4 is 0 Å². The summed E-state index contributed by atoms with van der Waals surface area (Å²) in [4.78, 5) is 25.1. The summed E-state index contributed by atoms with van der Waals surface area (Å²) in [6.45, 7) is 2.87. The molecule has 4 nitrogen and oxygen atoms in total. The predicted octanol–water partition coefficient (Wildman–Crippen LogP) is 3.99. The standard InChI is InChI=1S/C19H24F3NO3/c1-13(10-15-4-2-6-16(11-15)19(20,21)22)18(26)23-9-3-5-14(12-23)7-8-17(24)25/h2,4,6,11,13-14H,3,5,7-10,12H2,1H3,(H,24,25)/t13-,14+/m1/s1. The number of nitrogens with zero attached hydrogens (tertiary/aromatic N) is 1. The number of aliphatic carboxylic acids is 1. The second kappa shape index (κ2) is 8.56. The third kappa shape index (κ3) is 5.75. The molecule has 0 aliphatic carbocycles. The van der Waals surface area contributed by atoms with Gasteiger partial charge >= 0.3 is 12.1 Å². The van der Waals surface area contributed by atoms with Gasteiger partial charge in [0, 0.05) is 25.4 Å². The van der Waals surface area contributed by atoms with Crippen LogP contribution in [-0.4, -0.2) is 35.0 Å². The van der Waals surface area contributed by atoms with E-state index in [4.69, 9.17) is 5.11 Å². The number of hydrogen-bond acceptors (Lipinski definition) is 2. The number of likely N-dealkylation sites (tertiary alicyclic amines) is 1. The number of hydrogen-bond donors (Lipinski definition) is 1. The third-order valence-corrected chi connectivity index (χ3v) is 4.81. The number of halogens is 3. The zero-order valence-corrected chi connectivity index (χ0v) is 14.8. The largest absolute Gasteiger partial charge is 0.481 e. The van der Waals surface area contributed by atoms with E-state index in [-0.39, 0.29) is 24.7 Å². The molecule has 26 heavy (non-hydrogen) atoms. The fourth-order valence-electron chi connectivity index (χ4n) is 3.46. The van der Waals surface area contributed by atoms with Crippen LogP contribution in [0.3, 0.4) is 0 Å². The molecule has 2 atom stereocenters. The molecule has 1 aromatic carbocycles. The number of carboxylic acids is 1. The van der Waals surface area contributed by atoms with Crippen LogP contribution in [0, 0.1) is 11.8 Å². The van der Waals surface area contributed by atoms with Crippen LogP contribution in [0.1, 0.15) is 43.7 Å². The zero-order chi connectivity index (χ0) is 19.3. The zero-order valence-electron chi connectivity index (χ0n) is 14.8. The van der Waals surface area contributed by atoms with E-state index >= 15 is 0 Å². The Morgan fingerprint density at radius 1 is 1.35 bits per heavy atom. The molecule has 0 aromatic heterocycles. The molecule has 7 heteroatoms. The Labute approximate surface area is 151 Å². The predicted molar refractivity (Wildman–Crippen MR) is 90.5 cm³/mol. The number of amides is 1. The lowest BCUT2D eigenvalue weighted by Crippen LogP contribution is -2.43. The lowest BCUT2D eigenvalue weighted by atomic mass is 9.91. The van der Waals surface area contributed by atoms with Crippen LogP contribution in [0.15, 0.2) is 24.3 Å². The van der Waals surface area contributed by atoms with E-state index in [0.717, 1.165) is 25.0 Å². The molecular formula is C19H24F3NO3. The van der Waals surface area contributed by atoms with Gasteiger partial charge in [-0.3, -0.25) is 9.59 Å². The summed E-state index contributed by atoms with van der Waals surface area (Å²) in [5.74, 6) is -1.17. The van der Waals surface area contributed by atoms with Crippen LogP contribution in [0.2, 0.25) is 0 Å². The van der Waals surface area contributed by atoms with Crippen molar-refractivity contribution >= 4 is 11.9 Å². The van der Waals surface area contributed by atoms with Gasteiger partial charge < -0.3 is 10.0 Å². The van der Waals surface area contributed by atoms with Gasteiger partial charge in [-0.05, 0) is 43.2 Å². The minimum Gasteiger partial charge on any atom is -0.481 e. The van der Waals surface area contributed by atoms with Gasteiger partial charge in [-0.1, -0.05) is 25.1 Å². The number of piperidine rings is 1. The highest BCUT2D eigenvalue weighted by Gasteiger charge is 2.31. The van der Waals surface area contributed by atoms with Crippen LogP contribution in [0.5, 0.6) is 0 Å². The van der Waals surface area contributed by atoms with Crippen molar-refractivity contribution in [3.8, 4) is 0 Å². The molecular weight excluding hydrogens is 347 g/mol. The smallest absolute Gasteiger partial charge is 0.416 e. The maximum Gasteiger partial charge on any atom is 0.416 e. The summed E-state index contributed by atoms with van der Waals surface area (Å²) in [5.41, 5.74) is -0.221. The Kier molecular flexibility index (Phi) is 6.67. The summed E-state index contributed by atoms with van der Waals surface area (Å²) in [5, 5.41) is 8.79. The van der Waals surface area contributed by atoms with Crippen molar-refractivity contribution < 1.29 is 27.9 Å². The number of carbonyl (C=O) groups is 2. The van der Waals surface area contributed by atoms with Crippen molar-refractivity contribution in [2.24, 2.45) is 11.8 Å². The molecule has 1 fully saturated rings. The monoisotopic (exact) mass is 371 g/mol. The molecule has 1 heterocycles. The fourth-order valence-corrected chi connectivity index (χ4v) is 3.46. The maximum absolute atomic E-state index is 12.8. The molecule has 0 unspecified atom stereocenters. The summed E-state index contributed by atoms with van der Waals surface area (Å²) < 4.78 is 38.4. The molecule has 1 amide bonds. The third-order valence-electron chi connectivity index (χ3n) is 4.81. The number of benzene rings is 1. The highest BCUT2D eigenvalue weighted by Crippen LogP contribution is 2.30. The topological polar surface area (TPSA) is 57.6 Å². The van der Waals surface area contributed by atoms with Gasteiger partial charge in [0.2, 0.25) is 5.91 Å². The van der Waals surface area contributed by atoms with Crippen molar-refractivity contribution in [3.05, 3.63) is 35.4 Å². The molecule has 1 aliphatic rings. The first kappa shape index (κ1) is 20.3. The second-order valence-electron chi connectivity index (χ2n) is 7.03. The van der Waals surface area contributed by atoms with Crippen LogP contribution in [-0.2, 0) is 22.2 Å².